The lowest BCUT2D eigenvalue weighted by molar-refractivity contribution is 0.387. The van der Waals surface area contributed by atoms with Crippen LogP contribution in [0.5, 0.6) is 0 Å². The number of hydrogen-bond donors (Lipinski definition) is 2. The van der Waals surface area contributed by atoms with Gasteiger partial charge in [-0.25, -0.2) is 0 Å². The van der Waals surface area contributed by atoms with E-state index in [2.05, 4.69) is 47.9 Å². The molecule has 0 radical (unpaired) electrons. The van der Waals surface area contributed by atoms with Gasteiger partial charge in [-0.15, -0.1) is 0 Å². The molecule has 1 aliphatic rings. The average Bonchev–Trinajstić information content (AvgIpc) is 3.13. The van der Waals surface area contributed by atoms with Gasteiger partial charge in [0.15, 0.2) is 0 Å². The molecule has 16 heavy (non-hydrogen) atoms. The van der Waals surface area contributed by atoms with Gasteiger partial charge in [-0.3, -0.25) is 0 Å². The van der Waals surface area contributed by atoms with Gasteiger partial charge in [-0.05, 0) is 37.9 Å². The fraction of sp³-hybridized carbons (Fsp3) is 0.571. The van der Waals surface area contributed by atoms with Crippen LogP contribution in [-0.4, -0.2) is 19.6 Å². The minimum atomic E-state index is 0.451. The summed E-state index contributed by atoms with van der Waals surface area (Å²) >= 11 is 0. The van der Waals surface area contributed by atoms with Gasteiger partial charge in [-0.1, -0.05) is 37.3 Å². The Hall–Kier alpha value is -0.860. The van der Waals surface area contributed by atoms with E-state index in [-0.39, 0.29) is 0 Å². The van der Waals surface area contributed by atoms with Crippen molar-refractivity contribution in [3.63, 3.8) is 0 Å². The summed E-state index contributed by atoms with van der Waals surface area (Å²) in [6.07, 6.45) is 2.73. The Morgan fingerprint density at radius 1 is 1.25 bits per heavy atom. The Labute approximate surface area is 98.4 Å². The first-order valence-electron chi connectivity index (χ1n) is 6.27. The SMILES string of the molecule is CN[C@@H](c1ccccc1)[C@@H](C)CNC1CC1. The summed E-state index contributed by atoms with van der Waals surface area (Å²) in [4.78, 5) is 0. The fourth-order valence-corrected chi connectivity index (χ4v) is 2.20. The van der Waals surface area contributed by atoms with Crippen LogP contribution in [-0.2, 0) is 0 Å². The first-order chi connectivity index (χ1) is 7.81. The molecule has 2 atom stereocenters. The van der Waals surface area contributed by atoms with Crippen LogP contribution in [0.2, 0.25) is 0 Å². The van der Waals surface area contributed by atoms with Crippen LogP contribution < -0.4 is 10.6 Å². The molecule has 0 unspecified atom stereocenters. The van der Waals surface area contributed by atoms with Crippen molar-refractivity contribution in [2.45, 2.75) is 31.8 Å². The lowest BCUT2D eigenvalue weighted by atomic mass is 9.94. The van der Waals surface area contributed by atoms with Crippen molar-refractivity contribution in [2.75, 3.05) is 13.6 Å². The molecule has 0 amide bonds. The van der Waals surface area contributed by atoms with Crippen molar-refractivity contribution in [2.24, 2.45) is 5.92 Å². The van der Waals surface area contributed by atoms with Crippen LogP contribution in [0.25, 0.3) is 0 Å². The topological polar surface area (TPSA) is 24.1 Å². The molecule has 1 aromatic rings. The monoisotopic (exact) mass is 218 g/mol. The molecule has 1 fully saturated rings. The summed E-state index contributed by atoms with van der Waals surface area (Å²) in [5, 5.41) is 7.02. The lowest BCUT2D eigenvalue weighted by Crippen LogP contribution is -2.32. The summed E-state index contributed by atoms with van der Waals surface area (Å²) in [6.45, 7) is 3.41. The molecule has 0 spiro atoms. The van der Waals surface area contributed by atoms with E-state index in [1.807, 2.05) is 7.05 Å². The number of hydrogen-bond acceptors (Lipinski definition) is 2. The van der Waals surface area contributed by atoms with Crippen LogP contribution in [0.3, 0.4) is 0 Å². The number of rotatable bonds is 6. The molecule has 0 bridgehead atoms. The zero-order valence-corrected chi connectivity index (χ0v) is 10.2. The van der Waals surface area contributed by atoms with E-state index in [1.54, 1.807) is 0 Å². The van der Waals surface area contributed by atoms with Crippen LogP contribution in [0.4, 0.5) is 0 Å². The van der Waals surface area contributed by atoms with Crippen molar-refractivity contribution in [3.05, 3.63) is 35.9 Å². The average molecular weight is 218 g/mol. The molecule has 2 rings (SSSR count). The highest BCUT2D eigenvalue weighted by Gasteiger charge is 2.23. The van der Waals surface area contributed by atoms with Gasteiger partial charge in [0.25, 0.3) is 0 Å². The molecule has 2 nitrogen and oxygen atoms in total. The van der Waals surface area contributed by atoms with Gasteiger partial charge < -0.3 is 10.6 Å². The molecule has 0 aromatic heterocycles. The van der Waals surface area contributed by atoms with E-state index < -0.39 is 0 Å². The van der Waals surface area contributed by atoms with Gasteiger partial charge in [-0.2, -0.15) is 0 Å². The van der Waals surface area contributed by atoms with Crippen molar-refractivity contribution in [3.8, 4) is 0 Å². The molecule has 1 saturated carbocycles. The lowest BCUT2D eigenvalue weighted by Gasteiger charge is -2.24. The third-order valence-electron chi connectivity index (χ3n) is 3.34. The van der Waals surface area contributed by atoms with Gasteiger partial charge >= 0.3 is 0 Å². The molecule has 0 heterocycles. The second-order valence-electron chi connectivity index (χ2n) is 4.84. The molecular formula is C14H22N2. The molecule has 0 saturated heterocycles. The number of benzene rings is 1. The molecule has 2 heteroatoms. The highest BCUT2D eigenvalue weighted by atomic mass is 15.0. The largest absolute Gasteiger partial charge is 0.314 e. The van der Waals surface area contributed by atoms with E-state index in [9.17, 15) is 0 Å². The zero-order chi connectivity index (χ0) is 11.4. The Balaban J connectivity index is 1.92. The van der Waals surface area contributed by atoms with E-state index in [0.29, 0.717) is 12.0 Å². The van der Waals surface area contributed by atoms with Crippen molar-refractivity contribution >= 4 is 0 Å². The standard InChI is InChI=1S/C14H22N2/c1-11(10-16-13-8-9-13)14(15-2)12-6-4-3-5-7-12/h3-7,11,13-16H,8-10H2,1-2H3/t11-,14+/m0/s1. The summed E-state index contributed by atoms with van der Waals surface area (Å²) < 4.78 is 0. The summed E-state index contributed by atoms with van der Waals surface area (Å²) in [5.41, 5.74) is 1.38. The van der Waals surface area contributed by atoms with E-state index >= 15 is 0 Å². The summed E-state index contributed by atoms with van der Waals surface area (Å²) in [5.74, 6) is 0.619. The van der Waals surface area contributed by atoms with Crippen LogP contribution >= 0.6 is 0 Å². The molecule has 2 N–H and O–H groups in total. The fourth-order valence-electron chi connectivity index (χ4n) is 2.20. The van der Waals surface area contributed by atoms with Crippen LogP contribution in [0.15, 0.2) is 30.3 Å². The van der Waals surface area contributed by atoms with E-state index in [4.69, 9.17) is 0 Å². The molecule has 1 aliphatic carbocycles. The third kappa shape index (κ3) is 3.06. The zero-order valence-electron chi connectivity index (χ0n) is 10.2. The van der Waals surface area contributed by atoms with Gasteiger partial charge in [0, 0.05) is 12.1 Å². The maximum Gasteiger partial charge on any atom is 0.0355 e. The minimum absolute atomic E-state index is 0.451. The summed E-state index contributed by atoms with van der Waals surface area (Å²) in [6, 6.07) is 12.0. The molecule has 88 valence electrons. The minimum Gasteiger partial charge on any atom is -0.314 e. The van der Waals surface area contributed by atoms with E-state index in [0.717, 1.165) is 12.6 Å². The second kappa shape index (κ2) is 5.46. The first kappa shape index (κ1) is 11.6. The van der Waals surface area contributed by atoms with Gasteiger partial charge in [0.1, 0.15) is 0 Å². The maximum atomic E-state index is 3.60. The van der Waals surface area contributed by atoms with E-state index in [1.165, 1.54) is 18.4 Å². The molecule has 1 aromatic carbocycles. The van der Waals surface area contributed by atoms with Gasteiger partial charge in [0.2, 0.25) is 0 Å². The normalized spacial score (nSPS) is 19.4. The number of nitrogens with one attached hydrogen (secondary N) is 2. The maximum absolute atomic E-state index is 3.60. The quantitative estimate of drug-likeness (QED) is 0.766. The predicted octanol–water partition coefficient (Wildman–Crippen LogP) is 2.34. The molecular weight excluding hydrogens is 196 g/mol. The summed E-state index contributed by atoms with van der Waals surface area (Å²) in [7, 11) is 2.05. The Morgan fingerprint density at radius 2 is 1.94 bits per heavy atom. The first-order valence-corrected chi connectivity index (χ1v) is 6.27. The predicted molar refractivity (Wildman–Crippen MR) is 68.4 cm³/mol. The second-order valence-corrected chi connectivity index (χ2v) is 4.84. The van der Waals surface area contributed by atoms with Crippen LogP contribution in [0, 0.1) is 5.92 Å². The molecule has 0 aliphatic heterocycles. The third-order valence-corrected chi connectivity index (χ3v) is 3.34. The Bertz CT molecular complexity index is 306. The van der Waals surface area contributed by atoms with Crippen molar-refractivity contribution in [1.29, 1.82) is 0 Å². The van der Waals surface area contributed by atoms with Crippen molar-refractivity contribution < 1.29 is 0 Å². The van der Waals surface area contributed by atoms with Crippen molar-refractivity contribution in [1.82, 2.24) is 10.6 Å². The Kier molecular flexibility index (Phi) is 3.97. The highest BCUT2D eigenvalue weighted by Crippen LogP contribution is 2.23. The van der Waals surface area contributed by atoms with Crippen LogP contribution in [0.1, 0.15) is 31.4 Å². The Morgan fingerprint density at radius 3 is 2.50 bits per heavy atom. The van der Waals surface area contributed by atoms with Gasteiger partial charge in [0.05, 0.1) is 0 Å². The highest BCUT2D eigenvalue weighted by molar-refractivity contribution is 5.19. The smallest absolute Gasteiger partial charge is 0.0355 e.